The van der Waals surface area contributed by atoms with Gasteiger partial charge < -0.3 is 5.73 Å². The van der Waals surface area contributed by atoms with Crippen molar-refractivity contribution in [3.05, 3.63) is 24.0 Å². The maximum Gasteiger partial charge on any atom is 0.389 e. The Morgan fingerprint density at radius 1 is 1.25 bits per heavy atom. The predicted molar refractivity (Wildman–Crippen MR) is 62.9 cm³/mol. The second-order valence-electron chi connectivity index (χ2n) is 4.18. The molecular formula is C11H11F4N5. The third-order valence-corrected chi connectivity index (χ3v) is 2.62. The fraction of sp³-hybridized carbons (Fsp3) is 0.364. The van der Waals surface area contributed by atoms with E-state index in [9.17, 15) is 17.6 Å². The summed E-state index contributed by atoms with van der Waals surface area (Å²) in [4.78, 5) is 0. The van der Waals surface area contributed by atoms with Gasteiger partial charge in [0.2, 0.25) is 0 Å². The van der Waals surface area contributed by atoms with Crippen LogP contribution in [0.2, 0.25) is 0 Å². The molecule has 0 aliphatic heterocycles. The SMILES string of the molecule is Nc1cc(-c2nnnn2CCCC(F)(F)F)ccc1F. The van der Waals surface area contributed by atoms with Gasteiger partial charge in [-0.1, -0.05) is 0 Å². The van der Waals surface area contributed by atoms with Gasteiger partial charge in [0.1, 0.15) is 5.82 Å². The van der Waals surface area contributed by atoms with Gasteiger partial charge in [0, 0.05) is 18.5 Å². The number of halogens is 4. The monoisotopic (exact) mass is 289 g/mol. The summed E-state index contributed by atoms with van der Waals surface area (Å²) in [6, 6.07) is 3.90. The van der Waals surface area contributed by atoms with E-state index in [-0.39, 0.29) is 24.5 Å². The highest BCUT2D eigenvalue weighted by Gasteiger charge is 2.26. The highest BCUT2D eigenvalue weighted by atomic mass is 19.4. The molecule has 0 atom stereocenters. The first-order chi connectivity index (χ1) is 9.37. The van der Waals surface area contributed by atoms with Crippen LogP contribution in [0.4, 0.5) is 23.2 Å². The fourth-order valence-corrected chi connectivity index (χ4v) is 1.67. The molecule has 5 nitrogen and oxygen atoms in total. The van der Waals surface area contributed by atoms with Crippen molar-refractivity contribution in [2.24, 2.45) is 0 Å². The average molecular weight is 289 g/mol. The van der Waals surface area contributed by atoms with Gasteiger partial charge in [0.25, 0.3) is 0 Å². The van der Waals surface area contributed by atoms with Gasteiger partial charge in [-0.15, -0.1) is 5.10 Å². The highest BCUT2D eigenvalue weighted by molar-refractivity contribution is 5.61. The van der Waals surface area contributed by atoms with E-state index in [0.29, 0.717) is 5.56 Å². The standard InChI is InChI=1S/C11H11F4N5/c12-8-3-2-7(6-9(8)16)10-17-18-19-20(10)5-1-4-11(13,14)15/h2-3,6H,1,4-5,16H2. The molecule has 0 amide bonds. The Hall–Kier alpha value is -2.19. The summed E-state index contributed by atoms with van der Waals surface area (Å²) in [6.45, 7) is 0.0130. The number of nitrogen functional groups attached to an aromatic ring is 1. The van der Waals surface area contributed by atoms with Crippen LogP contribution in [0.15, 0.2) is 18.2 Å². The van der Waals surface area contributed by atoms with E-state index in [2.05, 4.69) is 15.5 Å². The van der Waals surface area contributed by atoms with Crippen LogP contribution in [-0.4, -0.2) is 26.4 Å². The lowest BCUT2D eigenvalue weighted by molar-refractivity contribution is -0.136. The molecule has 1 aromatic heterocycles. The molecule has 20 heavy (non-hydrogen) atoms. The van der Waals surface area contributed by atoms with Gasteiger partial charge in [-0.2, -0.15) is 13.2 Å². The van der Waals surface area contributed by atoms with Crippen molar-refractivity contribution < 1.29 is 17.6 Å². The molecule has 0 aliphatic rings. The maximum absolute atomic E-state index is 13.1. The lowest BCUT2D eigenvalue weighted by Crippen LogP contribution is -2.10. The number of tetrazole rings is 1. The fourth-order valence-electron chi connectivity index (χ4n) is 1.67. The first kappa shape index (κ1) is 14.2. The van der Waals surface area contributed by atoms with E-state index in [4.69, 9.17) is 5.73 Å². The quantitative estimate of drug-likeness (QED) is 0.693. The number of nitrogens with two attached hydrogens (primary N) is 1. The van der Waals surface area contributed by atoms with Gasteiger partial charge in [0.05, 0.1) is 5.69 Å². The molecule has 0 fully saturated rings. The summed E-state index contributed by atoms with van der Waals surface area (Å²) in [7, 11) is 0. The molecule has 2 N–H and O–H groups in total. The van der Waals surface area contributed by atoms with Crippen molar-refractivity contribution in [3.63, 3.8) is 0 Å². The zero-order chi connectivity index (χ0) is 14.8. The molecule has 1 aromatic carbocycles. The van der Waals surface area contributed by atoms with E-state index in [1.165, 1.54) is 16.8 Å². The molecular weight excluding hydrogens is 278 g/mol. The Morgan fingerprint density at radius 3 is 2.65 bits per heavy atom. The molecule has 0 saturated carbocycles. The molecule has 0 radical (unpaired) electrons. The third kappa shape index (κ3) is 3.43. The number of anilines is 1. The number of nitrogens with zero attached hydrogens (tertiary/aromatic N) is 4. The van der Waals surface area contributed by atoms with Crippen molar-refractivity contribution in [2.75, 3.05) is 5.73 Å². The van der Waals surface area contributed by atoms with Crippen molar-refractivity contribution >= 4 is 5.69 Å². The van der Waals surface area contributed by atoms with Crippen LogP contribution in [-0.2, 0) is 6.54 Å². The molecule has 0 bridgehead atoms. The van der Waals surface area contributed by atoms with Gasteiger partial charge in [0.15, 0.2) is 5.82 Å². The molecule has 2 aromatic rings. The van der Waals surface area contributed by atoms with Crippen LogP contribution in [0.1, 0.15) is 12.8 Å². The maximum atomic E-state index is 13.1. The molecule has 108 valence electrons. The molecule has 9 heteroatoms. The highest BCUT2D eigenvalue weighted by Crippen LogP contribution is 2.24. The van der Waals surface area contributed by atoms with Crippen molar-refractivity contribution in [2.45, 2.75) is 25.6 Å². The molecule has 0 saturated heterocycles. The normalized spacial score (nSPS) is 11.8. The van der Waals surface area contributed by atoms with Gasteiger partial charge in [-0.25, -0.2) is 9.07 Å². The smallest absolute Gasteiger partial charge is 0.389 e. The topological polar surface area (TPSA) is 69.6 Å². The number of benzene rings is 1. The third-order valence-electron chi connectivity index (χ3n) is 2.62. The first-order valence-electron chi connectivity index (χ1n) is 5.75. The summed E-state index contributed by atoms with van der Waals surface area (Å²) < 4.78 is 50.6. The zero-order valence-electron chi connectivity index (χ0n) is 10.2. The van der Waals surface area contributed by atoms with Crippen LogP contribution >= 0.6 is 0 Å². The van der Waals surface area contributed by atoms with Crippen molar-refractivity contribution in [1.82, 2.24) is 20.2 Å². The predicted octanol–water partition coefficient (Wildman–Crippen LogP) is 2.40. The van der Waals surface area contributed by atoms with E-state index in [1.54, 1.807) is 0 Å². The zero-order valence-corrected chi connectivity index (χ0v) is 10.2. The van der Waals surface area contributed by atoms with E-state index < -0.39 is 18.4 Å². The summed E-state index contributed by atoms with van der Waals surface area (Å²) in [5, 5.41) is 10.7. The van der Waals surface area contributed by atoms with Gasteiger partial charge in [-0.3, -0.25) is 0 Å². The molecule has 2 rings (SSSR count). The Morgan fingerprint density at radius 2 is 2.00 bits per heavy atom. The van der Waals surface area contributed by atoms with E-state index in [0.717, 1.165) is 6.07 Å². The molecule has 0 unspecified atom stereocenters. The van der Waals surface area contributed by atoms with Crippen molar-refractivity contribution in [1.29, 1.82) is 0 Å². The van der Waals surface area contributed by atoms with Gasteiger partial charge >= 0.3 is 6.18 Å². The lowest BCUT2D eigenvalue weighted by atomic mass is 10.2. The summed E-state index contributed by atoms with van der Waals surface area (Å²) in [5.74, 6) is -0.330. The average Bonchev–Trinajstić information content (AvgIpc) is 2.79. The number of hydrogen-bond donors (Lipinski definition) is 1. The number of hydrogen-bond acceptors (Lipinski definition) is 4. The largest absolute Gasteiger partial charge is 0.396 e. The summed E-state index contributed by atoms with van der Waals surface area (Å²) >= 11 is 0. The minimum atomic E-state index is -4.21. The summed E-state index contributed by atoms with van der Waals surface area (Å²) in [5.41, 5.74) is 5.80. The number of alkyl halides is 3. The van der Waals surface area contributed by atoms with Crippen LogP contribution in [0, 0.1) is 5.82 Å². The second-order valence-corrected chi connectivity index (χ2v) is 4.18. The Bertz CT molecular complexity index is 593. The minimum Gasteiger partial charge on any atom is -0.396 e. The van der Waals surface area contributed by atoms with Crippen LogP contribution in [0.25, 0.3) is 11.4 Å². The Balaban J connectivity index is 2.14. The number of aromatic nitrogens is 4. The Kier molecular flexibility index (Phi) is 3.86. The second kappa shape index (κ2) is 5.43. The van der Waals surface area contributed by atoms with E-state index in [1.807, 2.05) is 0 Å². The van der Waals surface area contributed by atoms with Crippen LogP contribution in [0.3, 0.4) is 0 Å². The molecule has 1 heterocycles. The number of aryl methyl sites for hydroxylation is 1. The summed E-state index contributed by atoms with van der Waals surface area (Å²) in [6.07, 6.45) is -5.27. The van der Waals surface area contributed by atoms with Crippen LogP contribution < -0.4 is 5.73 Å². The number of rotatable bonds is 4. The lowest BCUT2D eigenvalue weighted by Gasteiger charge is -2.07. The molecule has 0 spiro atoms. The minimum absolute atomic E-state index is 0.0130. The van der Waals surface area contributed by atoms with Crippen LogP contribution in [0.5, 0.6) is 0 Å². The van der Waals surface area contributed by atoms with Crippen molar-refractivity contribution in [3.8, 4) is 11.4 Å². The Labute approximate surface area is 111 Å². The van der Waals surface area contributed by atoms with E-state index >= 15 is 0 Å². The van der Waals surface area contributed by atoms with Gasteiger partial charge in [-0.05, 0) is 35.0 Å². The molecule has 0 aliphatic carbocycles. The first-order valence-corrected chi connectivity index (χ1v) is 5.75.